The lowest BCUT2D eigenvalue weighted by Gasteiger charge is -2.20. The number of amides is 1. The largest absolute Gasteiger partial charge is 0.481 e. The molecule has 0 radical (unpaired) electrons. The first kappa shape index (κ1) is 15.4. The average molecular weight is 285 g/mol. The van der Waals surface area contributed by atoms with E-state index in [1.54, 1.807) is 6.07 Å². The molecule has 0 aromatic carbocycles. The molecule has 0 saturated heterocycles. The fourth-order valence-corrected chi connectivity index (χ4v) is 1.90. The Morgan fingerprint density at radius 1 is 1.37 bits per heavy atom. The van der Waals surface area contributed by atoms with E-state index in [0.29, 0.717) is 18.5 Å². The van der Waals surface area contributed by atoms with Gasteiger partial charge in [-0.25, -0.2) is 4.98 Å². The molecule has 0 aliphatic heterocycles. The standard InChI is InChI=1S/C13H17ClN2O3/c1-3-10-7-9(8-11(14)15-10)13(19)16(4-2)6-5-12(17)18/h7-8H,3-6H2,1-2H3,(H,17,18). The number of halogens is 1. The summed E-state index contributed by atoms with van der Waals surface area (Å²) in [4.78, 5) is 28.4. The molecule has 0 aliphatic carbocycles. The second-order valence-electron chi connectivity index (χ2n) is 4.05. The average Bonchev–Trinajstić information content (AvgIpc) is 2.38. The van der Waals surface area contributed by atoms with Crippen LogP contribution in [0.5, 0.6) is 0 Å². The van der Waals surface area contributed by atoms with Crippen molar-refractivity contribution in [1.29, 1.82) is 0 Å². The molecule has 1 amide bonds. The minimum absolute atomic E-state index is 0.0704. The molecule has 0 fully saturated rings. The molecule has 0 aliphatic rings. The fraction of sp³-hybridized carbons (Fsp3) is 0.462. The molecule has 0 saturated carbocycles. The van der Waals surface area contributed by atoms with Gasteiger partial charge in [0.1, 0.15) is 5.15 Å². The minimum atomic E-state index is -0.923. The molecular weight excluding hydrogens is 268 g/mol. The summed E-state index contributed by atoms with van der Waals surface area (Å²) >= 11 is 5.87. The van der Waals surface area contributed by atoms with Gasteiger partial charge in [-0.15, -0.1) is 0 Å². The number of nitrogens with zero attached hydrogens (tertiary/aromatic N) is 2. The maximum Gasteiger partial charge on any atom is 0.305 e. The van der Waals surface area contributed by atoms with Crippen molar-refractivity contribution in [2.24, 2.45) is 0 Å². The first-order chi connectivity index (χ1) is 8.97. The van der Waals surface area contributed by atoms with Gasteiger partial charge < -0.3 is 10.0 Å². The Bertz CT molecular complexity index is 477. The van der Waals surface area contributed by atoms with Crippen molar-refractivity contribution < 1.29 is 14.7 Å². The van der Waals surface area contributed by atoms with Crippen LogP contribution in [0.1, 0.15) is 36.3 Å². The molecule has 0 spiro atoms. The zero-order chi connectivity index (χ0) is 14.4. The van der Waals surface area contributed by atoms with Crippen LogP contribution in [0.4, 0.5) is 0 Å². The number of aromatic nitrogens is 1. The van der Waals surface area contributed by atoms with Gasteiger partial charge in [-0.3, -0.25) is 9.59 Å². The highest BCUT2D eigenvalue weighted by atomic mass is 35.5. The Morgan fingerprint density at radius 3 is 2.58 bits per heavy atom. The number of hydrogen-bond acceptors (Lipinski definition) is 3. The molecule has 0 bridgehead atoms. The zero-order valence-corrected chi connectivity index (χ0v) is 11.8. The van der Waals surface area contributed by atoms with E-state index in [1.165, 1.54) is 11.0 Å². The summed E-state index contributed by atoms with van der Waals surface area (Å²) in [6.45, 7) is 4.37. The lowest BCUT2D eigenvalue weighted by atomic mass is 10.1. The Balaban J connectivity index is 2.90. The highest BCUT2D eigenvalue weighted by Gasteiger charge is 2.16. The number of rotatable bonds is 6. The van der Waals surface area contributed by atoms with Gasteiger partial charge in [0.25, 0.3) is 5.91 Å². The molecule has 104 valence electrons. The molecule has 19 heavy (non-hydrogen) atoms. The molecule has 1 aromatic heterocycles. The number of hydrogen-bond donors (Lipinski definition) is 1. The Morgan fingerprint density at radius 2 is 2.05 bits per heavy atom. The normalized spacial score (nSPS) is 10.3. The van der Waals surface area contributed by atoms with Gasteiger partial charge >= 0.3 is 5.97 Å². The molecule has 1 aromatic rings. The van der Waals surface area contributed by atoms with Crippen LogP contribution in [0.25, 0.3) is 0 Å². The quantitative estimate of drug-likeness (QED) is 0.813. The van der Waals surface area contributed by atoms with Gasteiger partial charge in [0.05, 0.1) is 6.42 Å². The zero-order valence-electron chi connectivity index (χ0n) is 11.0. The summed E-state index contributed by atoms with van der Waals surface area (Å²) in [6.07, 6.45) is 0.612. The van der Waals surface area contributed by atoms with E-state index in [-0.39, 0.29) is 24.0 Å². The summed E-state index contributed by atoms with van der Waals surface area (Å²) in [5, 5.41) is 8.94. The third-order valence-electron chi connectivity index (χ3n) is 2.72. The maximum absolute atomic E-state index is 12.3. The van der Waals surface area contributed by atoms with Gasteiger partial charge in [-0.05, 0) is 25.5 Å². The van der Waals surface area contributed by atoms with Crippen molar-refractivity contribution in [1.82, 2.24) is 9.88 Å². The number of aryl methyl sites for hydroxylation is 1. The van der Waals surface area contributed by atoms with Crippen molar-refractivity contribution in [3.05, 3.63) is 28.5 Å². The first-order valence-electron chi connectivity index (χ1n) is 6.15. The molecule has 6 heteroatoms. The Kier molecular flexibility index (Phi) is 5.76. The lowest BCUT2D eigenvalue weighted by Crippen LogP contribution is -2.33. The van der Waals surface area contributed by atoms with Crippen LogP contribution in [0.2, 0.25) is 5.15 Å². The van der Waals surface area contributed by atoms with E-state index in [9.17, 15) is 9.59 Å². The third-order valence-corrected chi connectivity index (χ3v) is 2.91. The highest BCUT2D eigenvalue weighted by Crippen LogP contribution is 2.14. The van der Waals surface area contributed by atoms with Crippen LogP contribution in [-0.2, 0) is 11.2 Å². The van der Waals surface area contributed by atoms with Crippen molar-refractivity contribution in [3.63, 3.8) is 0 Å². The van der Waals surface area contributed by atoms with Gasteiger partial charge in [0, 0.05) is 24.3 Å². The highest BCUT2D eigenvalue weighted by molar-refractivity contribution is 6.29. The number of pyridine rings is 1. The smallest absolute Gasteiger partial charge is 0.305 e. The van der Waals surface area contributed by atoms with Crippen molar-refractivity contribution in [3.8, 4) is 0 Å². The van der Waals surface area contributed by atoms with Crippen LogP contribution in [0, 0.1) is 0 Å². The predicted octanol–water partition coefficient (Wildman–Crippen LogP) is 2.23. The summed E-state index contributed by atoms with van der Waals surface area (Å²) in [5.74, 6) is -1.14. The van der Waals surface area contributed by atoms with Crippen LogP contribution in [0.15, 0.2) is 12.1 Å². The maximum atomic E-state index is 12.3. The summed E-state index contributed by atoms with van der Waals surface area (Å²) < 4.78 is 0. The van der Waals surface area contributed by atoms with E-state index in [2.05, 4.69) is 4.98 Å². The van der Waals surface area contributed by atoms with Crippen LogP contribution < -0.4 is 0 Å². The second-order valence-corrected chi connectivity index (χ2v) is 4.44. The third kappa shape index (κ3) is 4.52. The monoisotopic (exact) mass is 284 g/mol. The second kappa shape index (κ2) is 7.09. The van der Waals surface area contributed by atoms with Crippen LogP contribution >= 0.6 is 11.6 Å². The summed E-state index contributed by atoms with van der Waals surface area (Å²) in [5.41, 5.74) is 1.19. The number of carboxylic acids is 1. The van der Waals surface area contributed by atoms with Crippen molar-refractivity contribution in [2.45, 2.75) is 26.7 Å². The van der Waals surface area contributed by atoms with Gasteiger partial charge in [-0.1, -0.05) is 18.5 Å². The number of carbonyl (C=O) groups is 2. The van der Waals surface area contributed by atoms with E-state index < -0.39 is 5.97 Å². The molecule has 0 atom stereocenters. The molecule has 0 unspecified atom stereocenters. The van der Waals surface area contributed by atoms with E-state index in [0.717, 1.165) is 5.69 Å². The Labute approximate surface area is 117 Å². The first-order valence-corrected chi connectivity index (χ1v) is 6.53. The number of carboxylic acid groups (broad SMARTS) is 1. The summed E-state index contributed by atoms with van der Waals surface area (Å²) in [6, 6.07) is 3.20. The number of aliphatic carboxylic acids is 1. The topological polar surface area (TPSA) is 70.5 Å². The van der Waals surface area contributed by atoms with E-state index >= 15 is 0 Å². The summed E-state index contributed by atoms with van der Waals surface area (Å²) in [7, 11) is 0. The predicted molar refractivity (Wildman–Crippen MR) is 72.5 cm³/mol. The van der Waals surface area contributed by atoms with Gasteiger partial charge in [0.2, 0.25) is 0 Å². The SMILES string of the molecule is CCc1cc(C(=O)N(CC)CCC(=O)O)cc(Cl)n1. The van der Waals surface area contributed by atoms with Gasteiger partial charge in [0.15, 0.2) is 0 Å². The van der Waals surface area contributed by atoms with Crippen LogP contribution in [-0.4, -0.2) is 40.0 Å². The molecule has 5 nitrogen and oxygen atoms in total. The van der Waals surface area contributed by atoms with E-state index in [1.807, 2.05) is 13.8 Å². The van der Waals surface area contributed by atoms with Crippen LogP contribution in [0.3, 0.4) is 0 Å². The molecular formula is C13H17ClN2O3. The molecule has 1 N–H and O–H groups in total. The minimum Gasteiger partial charge on any atom is -0.481 e. The van der Waals surface area contributed by atoms with E-state index in [4.69, 9.17) is 16.7 Å². The lowest BCUT2D eigenvalue weighted by molar-refractivity contribution is -0.137. The number of carbonyl (C=O) groups excluding carboxylic acids is 1. The molecule has 1 rings (SSSR count). The molecule has 1 heterocycles. The Hall–Kier alpha value is -1.62. The van der Waals surface area contributed by atoms with Crippen molar-refractivity contribution in [2.75, 3.05) is 13.1 Å². The fourth-order valence-electron chi connectivity index (χ4n) is 1.67. The van der Waals surface area contributed by atoms with Crippen molar-refractivity contribution >= 4 is 23.5 Å². The van der Waals surface area contributed by atoms with Gasteiger partial charge in [-0.2, -0.15) is 0 Å².